The van der Waals surface area contributed by atoms with E-state index in [1.807, 2.05) is 53.3 Å². The zero-order valence-electron chi connectivity index (χ0n) is 15.2. The van der Waals surface area contributed by atoms with Crippen molar-refractivity contribution < 1.29 is 4.79 Å². The number of amides is 1. The summed E-state index contributed by atoms with van der Waals surface area (Å²) in [6, 6.07) is 13.7. The molecule has 1 N–H and O–H groups in total. The smallest absolute Gasteiger partial charge is 0.247 e. The lowest BCUT2D eigenvalue weighted by molar-refractivity contribution is -0.116. The summed E-state index contributed by atoms with van der Waals surface area (Å²) in [4.78, 5) is 12.4. The summed E-state index contributed by atoms with van der Waals surface area (Å²) in [5, 5.41) is 11.8. The highest BCUT2D eigenvalue weighted by Crippen LogP contribution is 2.21. The van der Waals surface area contributed by atoms with E-state index in [-0.39, 0.29) is 12.5 Å². The average Bonchev–Trinajstić information content (AvgIpc) is 3.33. The highest BCUT2D eigenvalue weighted by molar-refractivity contribution is 5.89. The molecule has 1 aliphatic carbocycles. The number of benzene rings is 1. The van der Waals surface area contributed by atoms with E-state index >= 15 is 0 Å². The first-order valence-corrected chi connectivity index (χ1v) is 9.33. The Balaban J connectivity index is 1.37. The van der Waals surface area contributed by atoms with E-state index in [4.69, 9.17) is 0 Å². The van der Waals surface area contributed by atoms with Gasteiger partial charge in [-0.2, -0.15) is 10.2 Å². The molecule has 27 heavy (non-hydrogen) atoms. The first-order chi connectivity index (χ1) is 13.3. The van der Waals surface area contributed by atoms with Gasteiger partial charge in [0.1, 0.15) is 12.4 Å². The number of hydrogen-bond donors (Lipinski definition) is 1. The number of allylic oxidation sites excluding steroid dienone is 2. The molecule has 3 aromatic rings. The molecule has 0 aliphatic heterocycles. The van der Waals surface area contributed by atoms with Gasteiger partial charge in [0.15, 0.2) is 0 Å². The van der Waals surface area contributed by atoms with Gasteiger partial charge in [-0.15, -0.1) is 0 Å². The summed E-state index contributed by atoms with van der Waals surface area (Å²) in [5.41, 5.74) is 1.90. The molecular formula is C21H23N5O. The van der Waals surface area contributed by atoms with E-state index in [2.05, 4.69) is 27.7 Å². The van der Waals surface area contributed by atoms with Crippen LogP contribution in [0.2, 0.25) is 0 Å². The SMILES string of the molecule is O=C(Cn1ccc(-c2ccccc2)n1)Nc1ccnn1CC1CC=CCC1. The number of rotatable bonds is 6. The Morgan fingerprint density at radius 3 is 2.85 bits per heavy atom. The van der Waals surface area contributed by atoms with Gasteiger partial charge in [-0.05, 0) is 31.2 Å². The van der Waals surface area contributed by atoms with E-state index < -0.39 is 0 Å². The zero-order chi connectivity index (χ0) is 18.5. The van der Waals surface area contributed by atoms with Crippen molar-refractivity contribution in [3.8, 4) is 11.3 Å². The van der Waals surface area contributed by atoms with Gasteiger partial charge in [0.2, 0.25) is 5.91 Å². The largest absolute Gasteiger partial charge is 0.309 e. The topological polar surface area (TPSA) is 64.7 Å². The fraction of sp³-hybridized carbons (Fsp3) is 0.286. The summed E-state index contributed by atoms with van der Waals surface area (Å²) in [6.45, 7) is 0.997. The van der Waals surface area contributed by atoms with Crippen LogP contribution in [0.25, 0.3) is 11.3 Å². The van der Waals surface area contributed by atoms with Crippen molar-refractivity contribution in [3.63, 3.8) is 0 Å². The van der Waals surface area contributed by atoms with Gasteiger partial charge in [-0.1, -0.05) is 42.5 Å². The fourth-order valence-electron chi connectivity index (χ4n) is 3.39. The van der Waals surface area contributed by atoms with Crippen molar-refractivity contribution in [2.45, 2.75) is 32.4 Å². The van der Waals surface area contributed by atoms with Gasteiger partial charge in [-0.25, -0.2) is 4.68 Å². The number of aromatic nitrogens is 4. The average molecular weight is 361 g/mol. The number of nitrogens with zero attached hydrogens (tertiary/aromatic N) is 4. The Morgan fingerprint density at radius 2 is 2.04 bits per heavy atom. The van der Waals surface area contributed by atoms with Crippen LogP contribution in [0.5, 0.6) is 0 Å². The summed E-state index contributed by atoms with van der Waals surface area (Å²) in [7, 11) is 0. The van der Waals surface area contributed by atoms with Crippen LogP contribution in [0.3, 0.4) is 0 Å². The molecule has 2 heterocycles. The van der Waals surface area contributed by atoms with E-state index in [1.54, 1.807) is 10.9 Å². The van der Waals surface area contributed by atoms with Gasteiger partial charge >= 0.3 is 0 Å². The van der Waals surface area contributed by atoms with Crippen molar-refractivity contribution in [1.29, 1.82) is 0 Å². The third-order valence-corrected chi connectivity index (χ3v) is 4.81. The molecule has 1 aliphatic rings. The van der Waals surface area contributed by atoms with Gasteiger partial charge in [0.05, 0.1) is 11.9 Å². The van der Waals surface area contributed by atoms with Crippen LogP contribution in [0.1, 0.15) is 19.3 Å². The monoisotopic (exact) mass is 361 g/mol. The molecule has 1 atom stereocenters. The predicted octanol–water partition coefficient (Wildman–Crippen LogP) is 3.74. The molecule has 1 unspecified atom stereocenters. The Bertz CT molecular complexity index is 925. The van der Waals surface area contributed by atoms with Gasteiger partial charge in [-0.3, -0.25) is 9.48 Å². The van der Waals surface area contributed by atoms with Crippen molar-refractivity contribution >= 4 is 11.7 Å². The van der Waals surface area contributed by atoms with Crippen LogP contribution < -0.4 is 5.32 Å². The number of carbonyl (C=O) groups excluding carboxylic acids is 1. The van der Waals surface area contributed by atoms with Crippen molar-refractivity contribution in [1.82, 2.24) is 19.6 Å². The summed E-state index contributed by atoms with van der Waals surface area (Å²) in [6.07, 6.45) is 11.4. The first kappa shape index (κ1) is 17.3. The number of hydrogen-bond acceptors (Lipinski definition) is 3. The quantitative estimate of drug-likeness (QED) is 0.680. The van der Waals surface area contributed by atoms with Crippen LogP contribution in [0, 0.1) is 5.92 Å². The highest BCUT2D eigenvalue weighted by Gasteiger charge is 2.14. The lowest BCUT2D eigenvalue weighted by Gasteiger charge is -2.19. The second-order valence-corrected chi connectivity index (χ2v) is 6.86. The standard InChI is InChI=1S/C21H23N5O/c27-21(16-25-14-12-19(24-25)18-9-5-2-6-10-18)23-20-11-13-22-26(20)15-17-7-3-1-4-8-17/h1-3,5-6,9-14,17H,4,7-8,15-16H2,(H,23,27). The van der Waals surface area contributed by atoms with Gasteiger partial charge in [0, 0.05) is 24.4 Å². The second kappa shape index (κ2) is 8.03. The van der Waals surface area contributed by atoms with Gasteiger partial charge in [0.25, 0.3) is 0 Å². The molecule has 0 saturated carbocycles. The molecular weight excluding hydrogens is 338 g/mol. The molecule has 0 fully saturated rings. The van der Waals surface area contributed by atoms with E-state index in [0.717, 1.165) is 36.5 Å². The lowest BCUT2D eigenvalue weighted by atomic mass is 9.94. The minimum absolute atomic E-state index is 0.108. The van der Waals surface area contributed by atoms with Crippen molar-refractivity contribution in [2.75, 3.05) is 5.32 Å². The number of carbonyl (C=O) groups is 1. The van der Waals surface area contributed by atoms with E-state index in [9.17, 15) is 4.79 Å². The zero-order valence-corrected chi connectivity index (χ0v) is 15.2. The minimum atomic E-state index is -0.108. The van der Waals surface area contributed by atoms with Crippen LogP contribution in [-0.4, -0.2) is 25.5 Å². The van der Waals surface area contributed by atoms with Crippen LogP contribution >= 0.6 is 0 Å². The maximum absolute atomic E-state index is 12.4. The fourth-order valence-corrected chi connectivity index (χ4v) is 3.39. The predicted molar refractivity (Wildman–Crippen MR) is 105 cm³/mol. The first-order valence-electron chi connectivity index (χ1n) is 9.33. The normalized spacial score (nSPS) is 16.4. The van der Waals surface area contributed by atoms with Crippen molar-refractivity contribution in [3.05, 3.63) is 67.0 Å². The number of nitrogens with one attached hydrogen (secondary N) is 1. The molecule has 1 aromatic carbocycles. The Morgan fingerprint density at radius 1 is 1.15 bits per heavy atom. The summed E-state index contributed by atoms with van der Waals surface area (Å²) in [5.74, 6) is 1.21. The Hall–Kier alpha value is -3.15. The highest BCUT2D eigenvalue weighted by atomic mass is 16.2. The van der Waals surface area contributed by atoms with Crippen LogP contribution in [0.4, 0.5) is 5.82 Å². The molecule has 0 bridgehead atoms. The third kappa shape index (κ3) is 4.34. The molecule has 1 amide bonds. The van der Waals surface area contributed by atoms with Crippen molar-refractivity contribution in [2.24, 2.45) is 5.92 Å². The van der Waals surface area contributed by atoms with Crippen LogP contribution in [0.15, 0.2) is 67.0 Å². The van der Waals surface area contributed by atoms with Gasteiger partial charge < -0.3 is 5.32 Å². The molecule has 138 valence electrons. The number of anilines is 1. The van der Waals surface area contributed by atoms with E-state index in [1.165, 1.54) is 6.42 Å². The van der Waals surface area contributed by atoms with Crippen LogP contribution in [-0.2, 0) is 17.9 Å². The molecule has 0 spiro atoms. The summed E-state index contributed by atoms with van der Waals surface area (Å²) < 4.78 is 3.55. The molecule has 0 saturated heterocycles. The molecule has 2 aromatic heterocycles. The molecule has 4 rings (SSSR count). The molecule has 6 heteroatoms. The summed E-state index contributed by atoms with van der Waals surface area (Å²) >= 11 is 0. The molecule has 0 radical (unpaired) electrons. The molecule has 6 nitrogen and oxygen atoms in total. The maximum atomic E-state index is 12.4. The second-order valence-electron chi connectivity index (χ2n) is 6.86. The lowest BCUT2D eigenvalue weighted by Crippen LogP contribution is -2.22. The Kier molecular flexibility index (Phi) is 5.14. The Labute approximate surface area is 158 Å². The van der Waals surface area contributed by atoms with E-state index in [0.29, 0.717) is 5.92 Å². The minimum Gasteiger partial charge on any atom is -0.309 e. The third-order valence-electron chi connectivity index (χ3n) is 4.81. The maximum Gasteiger partial charge on any atom is 0.247 e.